The summed E-state index contributed by atoms with van der Waals surface area (Å²) in [6.07, 6.45) is 2.27. The molecule has 0 amide bonds. The summed E-state index contributed by atoms with van der Waals surface area (Å²) in [5, 5.41) is 0. The van der Waals surface area contributed by atoms with Gasteiger partial charge < -0.3 is 5.73 Å². The number of likely N-dealkylation sites (tertiary alicyclic amines) is 1. The Kier molecular flexibility index (Phi) is 4.21. The molecule has 1 fully saturated rings. The third kappa shape index (κ3) is 2.96. The molecule has 88 valence electrons. The van der Waals surface area contributed by atoms with Gasteiger partial charge in [-0.15, -0.1) is 0 Å². The minimum Gasteiger partial charge on any atom is -0.328 e. The van der Waals surface area contributed by atoms with Crippen LogP contribution in [0.1, 0.15) is 31.4 Å². The molecule has 0 aliphatic carbocycles. The average molecular weight is 330 g/mol. The van der Waals surface area contributed by atoms with E-state index in [0.717, 1.165) is 25.9 Å². The van der Waals surface area contributed by atoms with Crippen LogP contribution in [0.5, 0.6) is 0 Å². The van der Waals surface area contributed by atoms with E-state index in [2.05, 4.69) is 58.7 Å². The molecular formula is C13H19IN2. The molecule has 0 saturated carbocycles. The van der Waals surface area contributed by atoms with Gasteiger partial charge in [-0.05, 0) is 60.1 Å². The fourth-order valence-electron chi connectivity index (χ4n) is 2.26. The summed E-state index contributed by atoms with van der Waals surface area (Å²) in [5.41, 5.74) is 7.34. The Morgan fingerprint density at radius 2 is 1.81 bits per heavy atom. The lowest BCUT2D eigenvalue weighted by molar-refractivity contribution is 0.163. The van der Waals surface area contributed by atoms with Crippen molar-refractivity contribution in [3.63, 3.8) is 0 Å². The zero-order valence-corrected chi connectivity index (χ0v) is 11.9. The fourth-order valence-corrected chi connectivity index (χ4v) is 2.62. The summed E-state index contributed by atoms with van der Waals surface area (Å²) < 4.78 is 1.30. The molecular weight excluding hydrogens is 311 g/mol. The van der Waals surface area contributed by atoms with Gasteiger partial charge in [0.1, 0.15) is 0 Å². The quantitative estimate of drug-likeness (QED) is 0.845. The minimum absolute atomic E-state index is 0.417. The van der Waals surface area contributed by atoms with Crippen LogP contribution >= 0.6 is 22.6 Å². The van der Waals surface area contributed by atoms with Crippen molar-refractivity contribution in [2.24, 2.45) is 5.73 Å². The van der Waals surface area contributed by atoms with E-state index >= 15 is 0 Å². The van der Waals surface area contributed by atoms with E-state index in [0.29, 0.717) is 12.1 Å². The van der Waals surface area contributed by atoms with Crippen LogP contribution in [0.15, 0.2) is 24.3 Å². The number of hydrogen-bond acceptors (Lipinski definition) is 2. The predicted octanol–water partition coefficient (Wildman–Crippen LogP) is 2.78. The van der Waals surface area contributed by atoms with Crippen LogP contribution < -0.4 is 5.73 Å². The molecule has 1 saturated heterocycles. The van der Waals surface area contributed by atoms with Crippen molar-refractivity contribution in [2.75, 3.05) is 13.1 Å². The van der Waals surface area contributed by atoms with Crippen LogP contribution in [0, 0.1) is 3.57 Å². The molecule has 1 heterocycles. The molecule has 0 bridgehead atoms. The van der Waals surface area contributed by atoms with E-state index in [-0.39, 0.29) is 0 Å². The van der Waals surface area contributed by atoms with Crippen molar-refractivity contribution in [1.82, 2.24) is 4.90 Å². The SMILES string of the molecule is CC(c1ccc(I)cc1)N1CCC(N)CC1. The van der Waals surface area contributed by atoms with Gasteiger partial charge in [0, 0.05) is 28.7 Å². The third-order valence-electron chi connectivity index (χ3n) is 3.47. The second-order valence-corrected chi connectivity index (χ2v) is 5.85. The fraction of sp³-hybridized carbons (Fsp3) is 0.538. The largest absolute Gasteiger partial charge is 0.328 e. The lowest BCUT2D eigenvalue weighted by Crippen LogP contribution is -2.40. The molecule has 1 unspecified atom stereocenters. The highest BCUT2D eigenvalue weighted by Crippen LogP contribution is 2.24. The maximum absolute atomic E-state index is 5.93. The van der Waals surface area contributed by atoms with Gasteiger partial charge in [-0.2, -0.15) is 0 Å². The van der Waals surface area contributed by atoms with E-state index in [1.165, 1.54) is 9.13 Å². The molecule has 2 N–H and O–H groups in total. The van der Waals surface area contributed by atoms with Crippen LogP contribution in [0.4, 0.5) is 0 Å². The summed E-state index contributed by atoms with van der Waals surface area (Å²) in [4.78, 5) is 2.53. The normalized spacial score (nSPS) is 20.9. The summed E-state index contributed by atoms with van der Waals surface area (Å²) in [6.45, 7) is 4.56. The first-order valence-electron chi connectivity index (χ1n) is 5.92. The minimum atomic E-state index is 0.417. The van der Waals surface area contributed by atoms with Crippen LogP contribution in [-0.4, -0.2) is 24.0 Å². The molecule has 0 radical (unpaired) electrons. The van der Waals surface area contributed by atoms with E-state index in [9.17, 15) is 0 Å². The second kappa shape index (κ2) is 5.47. The summed E-state index contributed by atoms with van der Waals surface area (Å²) in [7, 11) is 0. The topological polar surface area (TPSA) is 29.3 Å². The Hall–Kier alpha value is -0.130. The molecule has 3 heteroatoms. The lowest BCUT2D eigenvalue weighted by Gasteiger charge is -2.35. The smallest absolute Gasteiger partial charge is 0.0319 e. The van der Waals surface area contributed by atoms with Gasteiger partial charge >= 0.3 is 0 Å². The maximum atomic E-state index is 5.93. The number of halogens is 1. The molecule has 0 spiro atoms. The summed E-state index contributed by atoms with van der Waals surface area (Å²) in [5.74, 6) is 0. The van der Waals surface area contributed by atoms with Crippen molar-refractivity contribution < 1.29 is 0 Å². The lowest BCUT2D eigenvalue weighted by atomic mass is 10.0. The number of nitrogens with zero attached hydrogens (tertiary/aromatic N) is 1. The molecule has 1 aromatic carbocycles. The van der Waals surface area contributed by atoms with E-state index in [4.69, 9.17) is 5.73 Å². The van der Waals surface area contributed by atoms with Gasteiger partial charge in [-0.1, -0.05) is 12.1 Å². The third-order valence-corrected chi connectivity index (χ3v) is 4.19. The van der Waals surface area contributed by atoms with Gasteiger partial charge in [0.25, 0.3) is 0 Å². The predicted molar refractivity (Wildman–Crippen MR) is 76.4 cm³/mol. The maximum Gasteiger partial charge on any atom is 0.0319 e. The Bertz CT molecular complexity index is 328. The highest BCUT2D eigenvalue weighted by Gasteiger charge is 2.21. The average Bonchev–Trinajstić information content (AvgIpc) is 2.30. The van der Waals surface area contributed by atoms with Crippen LogP contribution in [0.3, 0.4) is 0 Å². The van der Waals surface area contributed by atoms with Gasteiger partial charge in [-0.3, -0.25) is 4.90 Å². The van der Waals surface area contributed by atoms with Gasteiger partial charge in [0.05, 0.1) is 0 Å². The first kappa shape index (κ1) is 12.3. The summed E-state index contributed by atoms with van der Waals surface area (Å²) >= 11 is 2.35. The molecule has 2 nitrogen and oxygen atoms in total. The van der Waals surface area contributed by atoms with Gasteiger partial charge in [0.15, 0.2) is 0 Å². The van der Waals surface area contributed by atoms with Crippen molar-refractivity contribution in [2.45, 2.75) is 31.8 Å². The zero-order chi connectivity index (χ0) is 11.5. The van der Waals surface area contributed by atoms with E-state index < -0.39 is 0 Å². The first-order valence-corrected chi connectivity index (χ1v) is 7.00. The van der Waals surface area contributed by atoms with Crippen LogP contribution in [-0.2, 0) is 0 Å². The van der Waals surface area contributed by atoms with E-state index in [1.54, 1.807) is 0 Å². The Morgan fingerprint density at radius 3 is 2.38 bits per heavy atom. The van der Waals surface area contributed by atoms with Gasteiger partial charge in [0.2, 0.25) is 0 Å². The van der Waals surface area contributed by atoms with Crippen LogP contribution in [0.25, 0.3) is 0 Å². The van der Waals surface area contributed by atoms with Crippen molar-refractivity contribution >= 4 is 22.6 Å². The molecule has 1 atom stereocenters. The second-order valence-electron chi connectivity index (χ2n) is 4.60. The standard InChI is InChI=1S/C13H19IN2/c1-10(11-2-4-12(14)5-3-11)16-8-6-13(15)7-9-16/h2-5,10,13H,6-9,15H2,1H3. The monoisotopic (exact) mass is 330 g/mol. The van der Waals surface area contributed by atoms with Crippen LogP contribution in [0.2, 0.25) is 0 Å². The Balaban J connectivity index is 2.01. The zero-order valence-electron chi connectivity index (χ0n) is 9.70. The molecule has 0 aromatic heterocycles. The first-order chi connectivity index (χ1) is 7.66. The molecule has 1 aliphatic heterocycles. The van der Waals surface area contributed by atoms with Crippen molar-refractivity contribution in [3.8, 4) is 0 Å². The van der Waals surface area contributed by atoms with Crippen molar-refractivity contribution in [3.05, 3.63) is 33.4 Å². The number of hydrogen-bond donors (Lipinski definition) is 1. The summed E-state index contributed by atoms with van der Waals surface area (Å²) in [6, 6.07) is 9.77. The molecule has 2 rings (SSSR count). The van der Waals surface area contributed by atoms with Gasteiger partial charge in [-0.25, -0.2) is 0 Å². The number of piperidine rings is 1. The van der Waals surface area contributed by atoms with Crippen molar-refractivity contribution in [1.29, 1.82) is 0 Å². The highest BCUT2D eigenvalue weighted by molar-refractivity contribution is 14.1. The van der Waals surface area contributed by atoms with E-state index in [1.807, 2.05) is 0 Å². The number of nitrogens with two attached hydrogens (primary N) is 1. The Labute approximate surface area is 111 Å². The number of rotatable bonds is 2. The molecule has 1 aliphatic rings. The molecule has 1 aromatic rings. The Morgan fingerprint density at radius 1 is 1.25 bits per heavy atom. The molecule has 16 heavy (non-hydrogen) atoms. The number of benzene rings is 1. The highest BCUT2D eigenvalue weighted by atomic mass is 127.